The SMILES string of the molecule is Cc1cc(-c2cc(Br)c(O)c(F)c2F)c(C#N)c(=O)[nH]1. The van der Waals surface area contributed by atoms with Crippen molar-refractivity contribution < 1.29 is 13.9 Å². The maximum atomic E-state index is 13.9. The van der Waals surface area contributed by atoms with Gasteiger partial charge in [-0.2, -0.15) is 9.65 Å². The minimum Gasteiger partial charge on any atom is -0.504 e. The second kappa shape index (κ2) is 5.06. The van der Waals surface area contributed by atoms with Crippen LogP contribution in [0.3, 0.4) is 0 Å². The summed E-state index contributed by atoms with van der Waals surface area (Å²) in [5, 5.41) is 18.3. The highest BCUT2D eigenvalue weighted by Crippen LogP contribution is 2.36. The van der Waals surface area contributed by atoms with Crippen LogP contribution in [0.2, 0.25) is 0 Å². The average molecular weight is 341 g/mol. The first-order valence-electron chi connectivity index (χ1n) is 5.37. The molecule has 0 saturated carbocycles. The zero-order valence-corrected chi connectivity index (χ0v) is 11.7. The Morgan fingerprint density at radius 2 is 1.95 bits per heavy atom. The summed E-state index contributed by atoms with van der Waals surface area (Å²) >= 11 is 2.89. The molecule has 2 N–H and O–H groups in total. The third kappa shape index (κ3) is 2.18. The van der Waals surface area contributed by atoms with E-state index < -0.39 is 22.9 Å². The minimum atomic E-state index is -1.45. The molecular weight excluding hydrogens is 334 g/mol. The molecule has 0 aliphatic heterocycles. The maximum Gasteiger partial charge on any atom is 0.266 e. The second-order valence-corrected chi connectivity index (χ2v) is 4.92. The molecule has 0 aliphatic rings. The number of aromatic hydroxyl groups is 1. The summed E-state index contributed by atoms with van der Waals surface area (Å²) in [4.78, 5) is 14.1. The van der Waals surface area contributed by atoms with Crippen LogP contribution in [-0.4, -0.2) is 10.1 Å². The van der Waals surface area contributed by atoms with E-state index in [4.69, 9.17) is 5.26 Å². The molecule has 20 heavy (non-hydrogen) atoms. The summed E-state index contributed by atoms with van der Waals surface area (Å²) in [5.74, 6) is -3.64. The third-order valence-electron chi connectivity index (χ3n) is 2.70. The molecule has 0 fully saturated rings. The van der Waals surface area contributed by atoms with Gasteiger partial charge in [0.2, 0.25) is 5.82 Å². The zero-order valence-electron chi connectivity index (χ0n) is 10.1. The van der Waals surface area contributed by atoms with Crippen LogP contribution in [0.15, 0.2) is 21.4 Å². The summed E-state index contributed by atoms with van der Waals surface area (Å²) in [6.45, 7) is 1.55. The number of phenolic OH excluding ortho intramolecular Hbond substituents is 1. The van der Waals surface area contributed by atoms with E-state index >= 15 is 0 Å². The number of benzene rings is 1. The number of pyridine rings is 1. The van der Waals surface area contributed by atoms with Crippen LogP contribution in [0.4, 0.5) is 8.78 Å². The van der Waals surface area contributed by atoms with Crippen molar-refractivity contribution in [3.8, 4) is 22.9 Å². The van der Waals surface area contributed by atoms with Crippen LogP contribution in [-0.2, 0) is 0 Å². The normalized spacial score (nSPS) is 10.3. The number of hydrogen-bond donors (Lipinski definition) is 2. The number of rotatable bonds is 1. The summed E-state index contributed by atoms with van der Waals surface area (Å²) < 4.78 is 27.4. The quantitative estimate of drug-likeness (QED) is 0.783. The number of H-pyrrole nitrogens is 1. The standard InChI is InChI=1S/C13H7BrF2N2O2/c1-5-2-6(8(4-17)13(20)18-5)7-3-9(14)12(19)11(16)10(7)15/h2-3,19H,1H3,(H,18,20). The van der Waals surface area contributed by atoms with E-state index in [1.54, 1.807) is 13.0 Å². The number of nitrogens with one attached hydrogen (secondary N) is 1. The highest BCUT2D eigenvalue weighted by molar-refractivity contribution is 9.10. The number of aromatic nitrogens is 1. The lowest BCUT2D eigenvalue weighted by Crippen LogP contribution is -2.13. The molecule has 1 aromatic heterocycles. The first kappa shape index (κ1) is 14.2. The van der Waals surface area contributed by atoms with Gasteiger partial charge in [0.1, 0.15) is 11.6 Å². The van der Waals surface area contributed by atoms with Crippen molar-refractivity contribution in [2.75, 3.05) is 0 Å². The van der Waals surface area contributed by atoms with Gasteiger partial charge in [-0.25, -0.2) is 4.39 Å². The Morgan fingerprint density at radius 1 is 1.30 bits per heavy atom. The summed E-state index contributed by atoms with van der Waals surface area (Å²) in [7, 11) is 0. The maximum absolute atomic E-state index is 13.9. The summed E-state index contributed by atoms with van der Waals surface area (Å²) in [5.41, 5.74) is -0.935. The molecule has 0 unspecified atom stereocenters. The highest BCUT2D eigenvalue weighted by Gasteiger charge is 2.21. The molecule has 2 aromatic rings. The van der Waals surface area contributed by atoms with Crippen molar-refractivity contribution in [2.24, 2.45) is 0 Å². The number of aryl methyl sites for hydroxylation is 1. The molecule has 0 amide bonds. The summed E-state index contributed by atoms with van der Waals surface area (Å²) in [6, 6.07) is 4.14. The molecule has 0 atom stereocenters. The van der Waals surface area contributed by atoms with E-state index in [0.717, 1.165) is 6.07 Å². The van der Waals surface area contributed by atoms with E-state index in [0.29, 0.717) is 5.69 Å². The van der Waals surface area contributed by atoms with Crippen LogP contribution >= 0.6 is 15.9 Å². The van der Waals surface area contributed by atoms with Gasteiger partial charge in [-0.15, -0.1) is 0 Å². The van der Waals surface area contributed by atoms with Crippen molar-refractivity contribution in [1.29, 1.82) is 5.26 Å². The average Bonchev–Trinajstić information content (AvgIpc) is 2.39. The largest absolute Gasteiger partial charge is 0.504 e. The van der Waals surface area contributed by atoms with Gasteiger partial charge in [0.15, 0.2) is 11.6 Å². The van der Waals surface area contributed by atoms with Crippen LogP contribution in [0.5, 0.6) is 5.75 Å². The Kier molecular flexibility index (Phi) is 3.59. The Morgan fingerprint density at radius 3 is 2.55 bits per heavy atom. The Bertz CT molecular complexity index is 809. The molecule has 0 spiro atoms. The van der Waals surface area contributed by atoms with Crippen LogP contribution in [0.1, 0.15) is 11.3 Å². The third-order valence-corrected chi connectivity index (χ3v) is 3.31. The number of aromatic amines is 1. The lowest BCUT2D eigenvalue weighted by molar-refractivity contribution is 0.405. The lowest BCUT2D eigenvalue weighted by Gasteiger charge is -2.09. The minimum absolute atomic E-state index is 0.0362. The fourth-order valence-electron chi connectivity index (χ4n) is 1.79. The zero-order chi connectivity index (χ0) is 15.0. The Labute approximate surface area is 120 Å². The molecule has 4 nitrogen and oxygen atoms in total. The fourth-order valence-corrected chi connectivity index (χ4v) is 2.20. The van der Waals surface area contributed by atoms with Crippen molar-refractivity contribution in [2.45, 2.75) is 6.92 Å². The van der Waals surface area contributed by atoms with Gasteiger partial charge in [0.05, 0.1) is 4.47 Å². The number of halogens is 3. The molecule has 0 saturated heterocycles. The van der Waals surface area contributed by atoms with Gasteiger partial charge in [-0.1, -0.05) is 0 Å². The predicted octanol–water partition coefficient (Wildman–Crippen LogP) is 2.97. The second-order valence-electron chi connectivity index (χ2n) is 4.06. The van der Waals surface area contributed by atoms with Crippen LogP contribution in [0.25, 0.3) is 11.1 Å². The van der Waals surface area contributed by atoms with E-state index in [9.17, 15) is 18.7 Å². The van der Waals surface area contributed by atoms with E-state index in [1.165, 1.54) is 6.07 Å². The number of nitriles is 1. The molecular formula is C13H7BrF2N2O2. The number of hydrogen-bond acceptors (Lipinski definition) is 3. The van der Waals surface area contributed by atoms with Gasteiger partial charge in [0, 0.05) is 16.8 Å². The molecule has 1 aromatic carbocycles. The lowest BCUT2D eigenvalue weighted by atomic mass is 10.00. The number of nitrogens with zero attached hydrogens (tertiary/aromatic N) is 1. The smallest absolute Gasteiger partial charge is 0.266 e. The highest BCUT2D eigenvalue weighted by atomic mass is 79.9. The van der Waals surface area contributed by atoms with Gasteiger partial charge < -0.3 is 10.1 Å². The Hall–Kier alpha value is -2.20. The Balaban J connectivity index is 2.90. The summed E-state index contributed by atoms with van der Waals surface area (Å²) in [6.07, 6.45) is 0. The fraction of sp³-hybridized carbons (Fsp3) is 0.0769. The molecule has 2 rings (SSSR count). The van der Waals surface area contributed by atoms with Gasteiger partial charge in [-0.3, -0.25) is 4.79 Å². The molecule has 0 bridgehead atoms. The van der Waals surface area contributed by atoms with E-state index in [1.807, 2.05) is 0 Å². The topological polar surface area (TPSA) is 76.9 Å². The van der Waals surface area contributed by atoms with Crippen molar-refractivity contribution in [3.05, 3.63) is 49.9 Å². The van der Waals surface area contributed by atoms with Gasteiger partial charge in [-0.05, 0) is 35.0 Å². The monoisotopic (exact) mass is 340 g/mol. The van der Waals surface area contributed by atoms with E-state index in [2.05, 4.69) is 20.9 Å². The van der Waals surface area contributed by atoms with Gasteiger partial charge >= 0.3 is 0 Å². The first-order chi connectivity index (χ1) is 9.36. The van der Waals surface area contributed by atoms with Crippen LogP contribution in [0, 0.1) is 29.9 Å². The molecule has 0 radical (unpaired) electrons. The van der Waals surface area contributed by atoms with Crippen molar-refractivity contribution in [1.82, 2.24) is 4.98 Å². The number of phenols is 1. The van der Waals surface area contributed by atoms with Crippen molar-refractivity contribution in [3.63, 3.8) is 0 Å². The van der Waals surface area contributed by atoms with Crippen LogP contribution < -0.4 is 5.56 Å². The molecule has 1 heterocycles. The van der Waals surface area contributed by atoms with Gasteiger partial charge in [0.25, 0.3) is 5.56 Å². The van der Waals surface area contributed by atoms with E-state index in [-0.39, 0.29) is 21.2 Å². The van der Waals surface area contributed by atoms with Crippen molar-refractivity contribution >= 4 is 15.9 Å². The molecule has 102 valence electrons. The molecule has 0 aliphatic carbocycles. The predicted molar refractivity (Wildman–Crippen MR) is 71.2 cm³/mol. The molecule has 7 heteroatoms. The first-order valence-corrected chi connectivity index (χ1v) is 6.17.